The summed E-state index contributed by atoms with van der Waals surface area (Å²) in [6.07, 6.45) is 1.25. The van der Waals surface area contributed by atoms with E-state index >= 15 is 0 Å². The van der Waals surface area contributed by atoms with Gasteiger partial charge < -0.3 is 0 Å². The van der Waals surface area contributed by atoms with E-state index in [9.17, 15) is 0 Å². The smallest absolute Gasteiger partial charge is 0.0511 e. The van der Waals surface area contributed by atoms with E-state index in [1.165, 1.54) is 50.9 Å². The van der Waals surface area contributed by atoms with Gasteiger partial charge in [-0.25, -0.2) is 0 Å². The Kier molecular flexibility index (Phi) is 118. The van der Waals surface area contributed by atoms with Gasteiger partial charge in [0.15, 0.2) is 0 Å². The minimum atomic E-state index is -0.417. The number of hydrogen-bond donors (Lipinski definition) is 0. The van der Waals surface area contributed by atoms with Gasteiger partial charge in [-0.15, -0.1) is 0 Å². The summed E-state index contributed by atoms with van der Waals surface area (Å²) < 4.78 is 11.8. The zero-order valence-corrected chi connectivity index (χ0v) is 57.3. The van der Waals surface area contributed by atoms with Crippen LogP contribution in [-0.4, -0.2) is 2.56 Å². The van der Waals surface area contributed by atoms with E-state index in [1.807, 2.05) is 270 Å². The first-order valence-electron chi connectivity index (χ1n) is 30.7. The zero-order chi connectivity index (χ0) is 64.3. The molecule has 78 heavy (non-hydrogen) atoms. The van der Waals surface area contributed by atoms with Crippen molar-refractivity contribution in [2.75, 3.05) is 0 Å². The Balaban J connectivity index is -0.0000000716. The molecule has 0 unspecified atom stereocenters. The molecule has 0 atom stereocenters. The Morgan fingerprint density at radius 2 is 0.244 bits per heavy atom. The molecular formula is C77H129P. The molecule has 0 aliphatic heterocycles. The molecule has 0 aromatic heterocycles. The van der Waals surface area contributed by atoms with E-state index in [2.05, 4.69) is 166 Å². The Morgan fingerprint density at radius 3 is 0.269 bits per heavy atom. The first kappa shape index (κ1) is 91.6. The van der Waals surface area contributed by atoms with Crippen molar-refractivity contribution in [3.05, 3.63) is 287 Å². The van der Waals surface area contributed by atoms with Gasteiger partial charge in [-0.05, 0) is 55.4 Å². The lowest BCUT2D eigenvalue weighted by Crippen LogP contribution is -1.62. The van der Waals surface area contributed by atoms with E-state index in [-0.39, 0.29) is 0 Å². The quantitative estimate of drug-likeness (QED) is 0.133. The molecule has 0 amide bonds. The van der Waals surface area contributed by atoms with Crippen molar-refractivity contribution in [2.45, 2.75) is 200 Å². The average Bonchev–Trinajstić information content (AvgIpc) is 3.53. The predicted octanol–water partition coefficient (Wildman–Crippen LogP) is 26.7. The molecule has 0 fully saturated rings. The second-order valence-corrected chi connectivity index (χ2v) is 13.9. The molecule has 0 spiro atoms. The standard InChI is InChI=1S/8C7H8.C3H8.9C2H6.H3P/c8*1-7-5-3-2-4-6-7;1-3-2;9*1-2;/h8*2-6H,1H3;3H2,1-2H3;9*1-2H3;1H3/i;;;;;;;;;;;;;;;;;;1D2. The maximum Gasteiger partial charge on any atom is 0.0511 e. The Hall–Kier alpha value is -5.81. The fourth-order valence-corrected chi connectivity index (χ4v) is 4.28. The topological polar surface area (TPSA) is 0 Å². The molecule has 8 aromatic rings. The summed E-state index contributed by atoms with van der Waals surface area (Å²) in [6, 6.07) is 82.1. The summed E-state index contributed by atoms with van der Waals surface area (Å²) in [6.45, 7) is 56.9. The molecular weight excluding hydrogens is 956 g/mol. The third-order valence-corrected chi connectivity index (χ3v) is 7.52. The SMILES string of the molecule is CC.CC.CC.CC.CC.CC.CC.CC.CC.CCC.Cc1ccccc1.Cc1ccccc1.Cc1ccccc1.Cc1ccccc1.Cc1ccccc1.Cc1ccccc1.Cc1ccccc1.Cc1ccccc1.[2H]P[2H]. The minimum absolute atomic E-state index is 0.417. The summed E-state index contributed by atoms with van der Waals surface area (Å²) in [5.74, 6) is 0. The van der Waals surface area contributed by atoms with E-state index in [1.54, 1.807) is 0 Å². The van der Waals surface area contributed by atoms with Crippen LogP contribution in [0.2, 0.25) is 0 Å². The van der Waals surface area contributed by atoms with Crippen LogP contribution in [0.1, 0.15) is 189 Å². The Morgan fingerprint density at radius 1 is 0.192 bits per heavy atom. The second-order valence-electron chi connectivity index (χ2n) is 13.9. The van der Waals surface area contributed by atoms with Gasteiger partial charge in [0.1, 0.15) is 0 Å². The summed E-state index contributed by atoms with van der Waals surface area (Å²) >= 11 is 0. The Bertz CT molecular complexity index is 1540. The van der Waals surface area contributed by atoms with E-state index in [4.69, 9.17) is 2.56 Å². The number of hydrogen-bond acceptors (Lipinski definition) is 0. The van der Waals surface area contributed by atoms with Gasteiger partial charge in [-0.1, -0.05) is 432 Å². The van der Waals surface area contributed by atoms with E-state index < -0.39 is 9.79 Å². The summed E-state index contributed by atoms with van der Waals surface area (Å²) in [5, 5.41) is 0. The van der Waals surface area contributed by atoms with Gasteiger partial charge >= 0.3 is 0 Å². The molecule has 1 heteroatoms. The number of benzene rings is 8. The molecule has 0 saturated carbocycles. The zero-order valence-electron chi connectivity index (χ0n) is 58.3. The average molecular weight is 1090 g/mol. The van der Waals surface area contributed by atoms with Gasteiger partial charge in [-0.2, -0.15) is 9.79 Å². The van der Waals surface area contributed by atoms with Gasteiger partial charge in [-0.3, -0.25) is 0 Å². The maximum atomic E-state index is 5.90. The Labute approximate surface area is 497 Å². The molecule has 442 valence electrons. The van der Waals surface area contributed by atoms with Gasteiger partial charge in [0.25, 0.3) is 0 Å². The summed E-state index contributed by atoms with van der Waals surface area (Å²) in [5.41, 5.74) is 10.6. The molecule has 0 N–H and O–H groups in total. The number of aryl methyl sites for hydroxylation is 8. The molecule has 8 rings (SSSR count). The normalized spacial score (nSPS) is 7.44. The van der Waals surface area contributed by atoms with Crippen molar-refractivity contribution in [2.24, 2.45) is 0 Å². The fourth-order valence-electron chi connectivity index (χ4n) is 4.28. The first-order valence-corrected chi connectivity index (χ1v) is 29.7. The van der Waals surface area contributed by atoms with Gasteiger partial charge in [0, 0.05) is 0 Å². The molecule has 0 aliphatic rings. The van der Waals surface area contributed by atoms with Crippen LogP contribution in [0.5, 0.6) is 0 Å². The van der Waals surface area contributed by atoms with Crippen molar-refractivity contribution < 1.29 is 0 Å². The highest BCUT2D eigenvalue weighted by Crippen LogP contribution is 1.96. The van der Waals surface area contributed by atoms with Crippen molar-refractivity contribution >= 4 is 9.79 Å². The van der Waals surface area contributed by atoms with Crippen LogP contribution < -0.4 is 0 Å². The van der Waals surface area contributed by atoms with Crippen LogP contribution >= 0.6 is 9.79 Å². The lowest BCUT2D eigenvalue weighted by atomic mass is 10.2. The highest BCUT2D eigenvalue weighted by Gasteiger charge is 1.76. The van der Waals surface area contributed by atoms with E-state index in [0.29, 0.717) is 0 Å². The third kappa shape index (κ3) is 99.2. The molecule has 0 bridgehead atoms. The molecule has 0 saturated heterocycles. The lowest BCUT2D eigenvalue weighted by Gasteiger charge is -1.82. The van der Waals surface area contributed by atoms with Crippen molar-refractivity contribution in [1.82, 2.24) is 0 Å². The maximum absolute atomic E-state index is 5.90. The fraction of sp³-hybridized carbons (Fsp3) is 0.377. The molecule has 8 aromatic carbocycles. The number of rotatable bonds is 0. The first-order chi connectivity index (χ1) is 39.0. The highest BCUT2D eigenvalue weighted by atomic mass is 31.0. The molecule has 0 radical (unpaired) electrons. The van der Waals surface area contributed by atoms with Gasteiger partial charge in [0.05, 0.1) is 2.56 Å². The monoisotopic (exact) mass is 1090 g/mol. The third-order valence-electron chi connectivity index (χ3n) is 7.52. The molecule has 0 heterocycles. The van der Waals surface area contributed by atoms with Crippen LogP contribution in [0.15, 0.2) is 243 Å². The molecule has 0 nitrogen and oxygen atoms in total. The van der Waals surface area contributed by atoms with Crippen molar-refractivity contribution in [3.8, 4) is 0 Å². The van der Waals surface area contributed by atoms with Gasteiger partial charge in [0.2, 0.25) is 0 Å². The summed E-state index contributed by atoms with van der Waals surface area (Å²) in [4.78, 5) is 0. The lowest BCUT2D eigenvalue weighted by molar-refractivity contribution is 1.09. The van der Waals surface area contributed by atoms with Crippen LogP contribution in [0.25, 0.3) is 0 Å². The van der Waals surface area contributed by atoms with Crippen LogP contribution in [0.4, 0.5) is 0 Å². The van der Waals surface area contributed by atoms with Crippen LogP contribution in [0, 0.1) is 55.4 Å². The minimum Gasteiger partial charge on any atom is -0.153 e. The summed E-state index contributed by atoms with van der Waals surface area (Å²) in [7, 11) is -0.417. The van der Waals surface area contributed by atoms with Crippen molar-refractivity contribution in [1.29, 1.82) is 2.56 Å². The second kappa shape index (κ2) is 100. The molecule has 0 aliphatic carbocycles. The highest BCUT2D eigenvalue weighted by molar-refractivity contribution is 6.92. The van der Waals surface area contributed by atoms with Crippen molar-refractivity contribution in [3.63, 3.8) is 0 Å². The van der Waals surface area contributed by atoms with Crippen LogP contribution in [-0.2, 0) is 0 Å². The van der Waals surface area contributed by atoms with Crippen LogP contribution in [0.3, 0.4) is 0 Å². The predicted molar refractivity (Wildman–Crippen MR) is 379 cm³/mol. The largest absolute Gasteiger partial charge is 0.153 e. The van der Waals surface area contributed by atoms with E-state index in [0.717, 1.165) is 0 Å².